The summed E-state index contributed by atoms with van der Waals surface area (Å²) in [6.07, 6.45) is 4.13. The Kier molecular flexibility index (Phi) is 7.59. The smallest absolute Gasteiger partial charge is 0.234 e. The number of benzene rings is 2. The van der Waals surface area contributed by atoms with Gasteiger partial charge in [-0.15, -0.1) is 0 Å². The van der Waals surface area contributed by atoms with Crippen LogP contribution in [0.2, 0.25) is 0 Å². The summed E-state index contributed by atoms with van der Waals surface area (Å²) >= 11 is 0. The molecule has 3 aromatic rings. The Morgan fingerprint density at radius 2 is 1.98 bits per heavy atom. The molecular weight excluding hydrogens is 500 g/mol. The van der Waals surface area contributed by atoms with Gasteiger partial charge in [-0.2, -0.15) is 4.98 Å². The Labute approximate surface area is 237 Å². The number of rotatable bonds is 8. The van der Waals surface area contributed by atoms with Crippen LogP contribution in [0.25, 0.3) is 0 Å². The van der Waals surface area contributed by atoms with Crippen LogP contribution in [0.5, 0.6) is 0 Å². The first kappa shape index (κ1) is 28.1. The van der Waals surface area contributed by atoms with E-state index in [2.05, 4.69) is 57.0 Å². The van der Waals surface area contributed by atoms with Gasteiger partial charge in [0.05, 0.1) is 11.0 Å². The molecule has 0 aliphatic carbocycles. The fraction of sp³-hybridized carbons (Fsp3) is 0.469. The topological polar surface area (TPSA) is 102 Å². The zero-order valence-corrected chi connectivity index (χ0v) is 24.6. The van der Waals surface area contributed by atoms with Crippen molar-refractivity contribution in [2.45, 2.75) is 77.9 Å². The number of piperidine rings is 1. The molecule has 1 atom stereocenters. The Bertz CT molecular complexity index is 1410. The molecule has 1 amide bonds. The average molecular weight is 543 g/mol. The zero-order valence-electron chi connectivity index (χ0n) is 24.6. The molecule has 8 heteroatoms. The quantitative estimate of drug-likeness (QED) is 0.293. The first-order valence-corrected chi connectivity index (χ1v) is 14.2. The predicted molar refractivity (Wildman–Crippen MR) is 161 cm³/mol. The summed E-state index contributed by atoms with van der Waals surface area (Å²) in [4.78, 5) is 24.2. The highest BCUT2D eigenvalue weighted by atomic mass is 16.3. The molecule has 3 heterocycles. The fourth-order valence-corrected chi connectivity index (χ4v) is 6.06. The summed E-state index contributed by atoms with van der Waals surface area (Å²) in [7, 11) is 0. The molecule has 0 saturated carbocycles. The molecule has 0 spiro atoms. The molecule has 2 aromatic carbocycles. The van der Waals surface area contributed by atoms with Crippen molar-refractivity contribution in [2.24, 2.45) is 0 Å². The van der Waals surface area contributed by atoms with E-state index in [0.717, 1.165) is 65.4 Å². The first-order valence-electron chi connectivity index (χ1n) is 14.2. The van der Waals surface area contributed by atoms with Crippen LogP contribution in [0.4, 0.5) is 23.1 Å². The molecule has 1 fully saturated rings. The van der Waals surface area contributed by atoms with Crippen molar-refractivity contribution >= 4 is 29.0 Å². The lowest BCUT2D eigenvalue weighted by atomic mass is 9.83. The number of carbonyl (C=O) groups is 1. The van der Waals surface area contributed by atoms with E-state index in [4.69, 9.17) is 4.98 Å². The van der Waals surface area contributed by atoms with Gasteiger partial charge in [-0.1, -0.05) is 24.3 Å². The molecule has 5 rings (SSSR count). The summed E-state index contributed by atoms with van der Waals surface area (Å²) in [5.74, 6) is 1.78. The van der Waals surface area contributed by atoms with Crippen molar-refractivity contribution < 1.29 is 9.90 Å². The largest absolute Gasteiger partial charge is 0.389 e. The first-order chi connectivity index (χ1) is 18.9. The zero-order chi connectivity index (χ0) is 28.7. The lowest BCUT2D eigenvalue weighted by molar-refractivity contribution is -0.119. The second kappa shape index (κ2) is 10.8. The molecule has 4 N–H and O–H groups in total. The van der Waals surface area contributed by atoms with Crippen LogP contribution in [-0.2, 0) is 16.8 Å². The molecule has 212 valence electrons. The van der Waals surface area contributed by atoms with Gasteiger partial charge < -0.3 is 21.1 Å². The number of hydrogen-bond acceptors (Lipinski definition) is 7. The molecular formula is C32H42N6O2. The van der Waals surface area contributed by atoms with Gasteiger partial charge >= 0.3 is 0 Å². The summed E-state index contributed by atoms with van der Waals surface area (Å²) in [6, 6.07) is 12.6. The van der Waals surface area contributed by atoms with Gasteiger partial charge in [0.25, 0.3) is 0 Å². The second-order valence-corrected chi connectivity index (χ2v) is 12.6. The number of amides is 1. The van der Waals surface area contributed by atoms with E-state index in [1.165, 1.54) is 5.56 Å². The number of anilines is 4. The maximum Gasteiger partial charge on any atom is 0.234 e. The third-order valence-electron chi connectivity index (χ3n) is 8.09. The van der Waals surface area contributed by atoms with E-state index in [9.17, 15) is 9.90 Å². The van der Waals surface area contributed by atoms with Crippen LogP contribution >= 0.6 is 0 Å². The van der Waals surface area contributed by atoms with Crippen molar-refractivity contribution in [3.8, 4) is 0 Å². The van der Waals surface area contributed by atoms with E-state index < -0.39 is 11.0 Å². The number of likely N-dealkylation sites (tertiary alicyclic amines) is 1. The minimum absolute atomic E-state index is 0.0240. The third kappa shape index (κ3) is 5.98. The minimum Gasteiger partial charge on any atom is -0.389 e. The van der Waals surface area contributed by atoms with Gasteiger partial charge in [0, 0.05) is 42.8 Å². The standard InChI is InChI=1S/C32H42N6O2/c1-20-15-22(24-10-8-14-38(18-24)19-31(3,4)40)12-13-25(20)36-30-34-16-21(2)28(37-30)33-17-23-9-7-11-26-27(23)32(5,6)29(39)35-26/h7,9,11-13,15-16,24,40H,8,10,14,17-19H2,1-6H3,(H,35,39)(H2,33,34,36,37). The lowest BCUT2D eigenvalue weighted by Crippen LogP contribution is -2.43. The number of carbonyl (C=O) groups excluding carboxylic acids is 1. The highest BCUT2D eigenvalue weighted by Crippen LogP contribution is 2.40. The Hall–Kier alpha value is -3.49. The highest BCUT2D eigenvalue weighted by molar-refractivity contribution is 6.06. The minimum atomic E-state index is -0.679. The average Bonchev–Trinajstić information content (AvgIpc) is 3.13. The van der Waals surface area contributed by atoms with Crippen molar-refractivity contribution in [2.75, 3.05) is 35.6 Å². The number of β-amino-alcohol motifs (C(OH)–C–C–N with tert-alkyl or cyclic N) is 1. The molecule has 1 unspecified atom stereocenters. The summed E-state index contributed by atoms with van der Waals surface area (Å²) in [5, 5.41) is 20.1. The van der Waals surface area contributed by atoms with E-state index in [-0.39, 0.29) is 5.91 Å². The molecule has 0 radical (unpaired) electrons. The molecule has 8 nitrogen and oxygen atoms in total. The SMILES string of the molecule is Cc1cc(C2CCCN(CC(C)(C)O)C2)ccc1Nc1ncc(C)c(NCc2cccc3c2C(C)(C)C(=O)N3)n1. The van der Waals surface area contributed by atoms with Crippen LogP contribution in [0, 0.1) is 13.8 Å². The van der Waals surface area contributed by atoms with E-state index in [1.54, 1.807) is 0 Å². The van der Waals surface area contributed by atoms with Crippen molar-refractivity contribution in [3.63, 3.8) is 0 Å². The number of nitrogens with zero attached hydrogens (tertiary/aromatic N) is 3. The normalized spacial score (nSPS) is 18.8. The molecule has 40 heavy (non-hydrogen) atoms. The molecule has 2 aliphatic rings. The Morgan fingerprint density at radius 1 is 1.18 bits per heavy atom. The number of aromatic nitrogens is 2. The maximum atomic E-state index is 12.5. The third-order valence-corrected chi connectivity index (χ3v) is 8.09. The predicted octanol–water partition coefficient (Wildman–Crippen LogP) is 5.63. The van der Waals surface area contributed by atoms with Gasteiger partial charge in [0.2, 0.25) is 11.9 Å². The van der Waals surface area contributed by atoms with Crippen LogP contribution < -0.4 is 16.0 Å². The number of fused-ring (bicyclic) bond motifs is 1. The van der Waals surface area contributed by atoms with E-state index in [1.807, 2.05) is 52.9 Å². The molecule has 1 saturated heterocycles. The number of aryl methyl sites for hydroxylation is 2. The van der Waals surface area contributed by atoms with Crippen molar-refractivity contribution in [3.05, 3.63) is 70.4 Å². The molecule has 0 bridgehead atoms. The number of hydrogen-bond donors (Lipinski definition) is 4. The van der Waals surface area contributed by atoms with Gasteiger partial charge in [0.1, 0.15) is 5.82 Å². The molecule has 1 aromatic heterocycles. The van der Waals surface area contributed by atoms with E-state index >= 15 is 0 Å². The van der Waals surface area contributed by atoms with Gasteiger partial charge in [-0.05, 0) is 101 Å². The van der Waals surface area contributed by atoms with Gasteiger partial charge in [-0.25, -0.2) is 4.98 Å². The van der Waals surface area contributed by atoms with Crippen LogP contribution in [0.1, 0.15) is 74.3 Å². The summed E-state index contributed by atoms with van der Waals surface area (Å²) in [5.41, 5.74) is 6.15. The van der Waals surface area contributed by atoms with Crippen LogP contribution in [-0.4, -0.2) is 51.1 Å². The Morgan fingerprint density at radius 3 is 2.73 bits per heavy atom. The second-order valence-electron chi connectivity index (χ2n) is 12.6. The van der Waals surface area contributed by atoms with Crippen LogP contribution in [0.15, 0.2) is 42.6 Å². The van der Waals surface area contributed by atoms with Crippen LogP contribution in [0.3, 0.4) is 0 Å². The van der Waals surface area contributed by atoms with Crippen molar-refractivity contribution in [1.29, 1.82) is 0 Å². The monoisotopic (exact) mass is 542 g/mol. The van der Waals surface area contributed by atoms with Gasteiger partial charge in [-0.3, -0.25) is 9.69 Å². The molecule has 2 aliphatic heterocycles. The van der Waals surface area contributed by atoms with Crippen molar-refractivity contribution in [1.82, 2.24) is 14.9 Å². The number of aliphatic hydroxyl groups is 1. The number of nitrogens with one attached hydrogen (secondary N) is 3. The maximum absolute atomic E-state index is 12.5. The summed E-state index contributed by atoms with van der Waals surface area (Å²) < 4.78 is 0. The lowest BCUT2D eigenvalue weighted by Gasteiger charge is -2.36. The fourth-order valence-electron chi connectivity index (χ4n) is 6.06. The van der Waals surface area contributed by atoms with E-state index in [0.29, 0.717) is 25.0 Å². The highest BCUT2D eigenvalue weighted by Gasteiger charge is 2.39. The van der Waals surface area contributed by atoms with Gasteiger partial charge in [0.15, 0.2) is 0 Å². The summed E-state index contributed by atoms with van der Waals surface area (Å²) in [6.45, 7) is 15.0. The Balaban J connectivity index is 1.28.